The highest BCUT2D eigenvalue weighted by atomic mass is 16.6. The molecule has 1 amide bonds. The maximum Gasteiger partial charge on any atom is 0.261 e. The molecule has 2 N–H and O–H groups in total. The predicted molar refractivity (Wildman–Crippen MR) is 98.1 cm³/mol. The first kappa shape index (κ1) is 17.0. The van der Waals surface area contributed by atoms with Crippen molar-refractivity contribution in [1.29, 1.82) is 0 Å². The van der Waals surface area contributed by atoms with Crippen molar-refractivity contribution in [2.75, 3.05) is 13.2 Å². The Morgan fingerprint density at radius 1 is 1.11 bits per heavy atom. The minimum absolute atomic E-state index is 0.0368. The molecule has 1 atom stereocenters. The third kappa shape index (κ3) is 3.44. The van der Waals surface area contributed by atoms with E-state index in [-0.39, 0.29) is 11.6 Å². The standard InChI is InChI=1S/C20H18N2O5/c1-12(13-4-7-17-18(11-13)27-10-9-26-17)21-19(23)14-5-6-15(22-20(14)24)16-3-2-8-25-16/h2-8,11-12H,9-10H2,1H3,(H,21,23)(H,22,24). The van der Waals surface area contributed by atoms with Gasteiger partial charge < -0.3 is 24.2 Å². The van der Waals surface area contributed by atoms with E-state index in [2.05, 4.69) is 10.3 Å². The average Bonchev–Trinajstić information content (AvgIpc) is 3.22. The van der Waals surface area contributed by atoms with Crippen LogP contribution < -0.4 is 20.3 Å². The monoisotopic (exact) mass is 366 g/mol. The molecule has 0 bridgehead atoms. The van der Waals surface area contributed by atoms with E-state index in [0.29, 0.717) is 36.2 Å². The van der Waals surface area contributed by atoms with Gasteiger partial charge >= 0.3 is 0 Å². The maximum absolute atomic E-state index is 12.5. The Morgan fingerprint density at radius 3 is 2.67 bits per heavy atom. The lowest BCUT2D eigenvalue weighted by Gasteiger charge is -2.21. The van der Waals surface area contributed by atoms with Gasteiger partial charge in [-0.15, -0.1) is 0 Å². The lowest BCUT2D eigenvalue weighted by Crippen LogP contribution is -2.31. The van der Waals surface area contributed by atoms with E-state index in [1.165, 1.54) is 12.3 Å². The summed E-state index contributed by atoms with van der Waals surface area (Å²) in [5.74, 6) is 1.42. The number of H-pyrrole nitrogens is 1. The topological polar surface area (TPSA) is 93.6 Å². The van der Waals surface area contributed by atoms with Gasteiger partial charge in [0.25, 0.3) is 11.5 Å². The number of nitrogens with one attached hydrogen (secondary N) is 2. The van der Waals surface area contributed by atoms with Gasteiger partial charge in [0.2, 0.25) is 0 Å². The fraction of sp³-hybridized carbons (Fsp3) is 0.200. The number of fused-ring (bicyclic) bond motifs is 1. The Kier molecular flexibility index (Phi) is 4.42. The van der Waals surface area contributed by atoms with E-state index in [0.717, 1.165) is 5.56 Å². The third-order valence-corrected chi connectivity index (χ3v) is 4.35. The second-order valence-corrected chi connectivity index (χ2v) is 6.19. The van der Waals surface area contributed by atoms with E-state index in [9.17, 15) is 9.59 Å². The average molecular weight is 366 g/mol. The van der Waals surface area contributed by atoms with Gasteiger partial charge in [-0.05, 0) is 48.9 Å². The molecule has 1 aliphatic rings. The van der Waals surface area contributed by atoms with Gasteiger partial charge in [0.05, 0.1) is 18.0 Å². The van der Waals surface area contributed by atoms with Crippen molar-refractivity contribution in [3.8, 4) is 23.0 Å². The van der Waals surface area contributed by atoms with Gasteiger partial charge in [0.1, 0.15) is 24.5 Å². The molecule has 0 fully saturated rings. The molecule has 0 saturated carbocycles. The first-order valence-electron chi connectivity index (χ1n) is 8.59. The molecular formula is C20H18N2O5. The van der Waals surface area contributed by atoms with Gasteiger partial charge in [0.15, 0.2) is 11.5 Å². The third-order valence-electron chi connectivity index (χ3n) is 4.35. The predicted octanol–water partition coefficient (Wildman–Crippen LogP) is 2.90. The molecule has 0 saturated heterocycles. The number of amides is 1. The highest BCUT2D eigenvalue weighted by Gasteiger charge is 2.18. The summed E-state index contributed by atoms with van der Waals surface area (Å²) in [4.78, 5) is 27.5. The zero-order valence-electron chi connectivity index (χ0n) is 14.7. The summed E-state index contributed by atoms with van der Waals surface area (Å²) in [5, 5.41) is 2.84. The van der Waals surface area contributed by atoms with Crippen LogP contribution in [0.5, 0.6) is 11.5 Å². The molecule has 1 unspecified atom stereocenters. The summed E-state index contributed by atoms with van der Waals surface area (Å²) in [6.45, 7) is 2.86. The smallest absolute Gasteiger partial charge is 0.261 e. The van der Waals surface area contributed by atoms with Crippen molar-refractivity contribution in [2.45, 2.75) is 13.0 Å². The molecule has 7 nitrogen and oxygen atoms in total. The van der Waals surface area contributed by atoms with Crippen molar-refractivity contribution < 1.29 is 18.7 Å². The first-order valence-corrected chi connectivity index (χ1v) is 8.59. The Morgan fingerprint density at radius 2 is 1.93 bits per heavy atom. The van der Waals surface area contributed by atoms with Crippen molar-refractivity contribution in [2.24, 2.45) is 0 Å². The summed E-state index contributed by atoms with van der Waals surface area (Å²) in [6, 6.07) is 11.8. The van der Waals surface area contributed by atoms with E-state index in [1.54, 1.807) is 18.2 Å². The van der Waals surface area contributed by atoms with E-state index >= 15 is 0 Å². The summed E-state index contributed by atoms with van der Waals surface area (Å²) >= 11 is 0. The zero-order valence-corrected chi connectivity index (χ0v) is 14.7. The number of carbonyl (C=O) groups is 1. The number of pyridine rings is 1. The van der Waals surface area contributed by atoms with Crippen LogP contribution in [-0.4, -0.2) is 24.1 Å². The Labute approximate surface area is 154 Å². The lowest BCUT2D eigenvalue weighted by molar-refractivity contribution is 0.0938. The van der Waals surface area contributed by atoms with Gasteiger partial charge in [-0.1, -0.05) is 6.07 Å². The number of aromatic amines is 1. The number of carbonyl (C=O) groups excluding carboxylic acids is 1. The second-order valence-electron chi connectivity index (χ2n) is 6.19. The van der Waals surface area contributed by atoms with Crippen LogP contribution in [-0.2, 0) is 0 Å². The summed E-state index contributed by atoms with van der Waals surface area (Å²) in [6.07, 6.45) is 1.52. The van der Waals surface area contributed by atoms with Crippen LogP contribution in [0.4, 0.5) is 0 Å². The van der Waals surface area contributed by atoms with Crippen LogP contribution in [0.25, 0.3) is 11.5 Å². The summed E-state index contributed by atoms with van der Waals surface area (Å²) < 4.78 is 16.3. The number of aromatic nitrogens is 1. The molecule has 0 aliphatic carbocycles. The van der Waals surface area contributed by atoms with Crippen molar-refractivity contribution >= 4 is 5.91 Å². The van der Waals surface area contributed by atoms with E-state index < -0.39 is 11.5 Å². The number of hydrogen-bond acceptors (Lipinski definition) is 5. The summed E-state index contributed by atoms with van der Waals surface area (Å²) in [7, 11) is 0. The number of rotatable bonds is 4. The van der Waals surface area contributed by atoms with Gasteiger partial charge in [0, 0.05) is 0 Å². The van der Waals surface area contributed by atoms with Crippen molar-refractivity contribution in [3.05, 3.63) is 70.2 Å². The minimum Gasteiger partial charge on any atom is -0.486 e. The number of hydrogen-bond donors (Lipinski definition) is 2. The number of benzene rings is 1. The molecule has 27 heavy (non-hydrogen) atoms. The molecular weight excluding hydrogens is 348 g/mol. The molecule has 7 heteroatoms. The van der Waals surface area contributed by atoms with Gasteiger partial charge in [-0.3, -0.25) is 9.59 Å². The van der Waals surface area contributed by atoms with Crippen LogP contribution in [0.2, 0.25) is 0 Å². The fourth-order valence-corrected chi connectivity index (χ4v) is 2.92. The number of ether oxygens (including phenoxy) is 2. The largest absolute Gasteiger partial charge is 0.486 e. The Balaban J connectivity index is 1.51. The van der Waals surface area contributed by atoms with Crippen LogP contribution in [0.3, 0.4) is 0 Å². The Bertz CT molecular complexity index is 1020. The van der Waals surface area contributed by atoms with Gasteiger partial charge in [-0.25, -0.2) is 0 Å². The van der Waals surface area contributed by atoms with Gasteiger partial charge in [-0.2, -0.15) is 0 Å². The first-order chi connectivity index (χ1) is 13.1. The second kappa shape index (κ2) is 7.03. The quantitative estimate of drug-likeness (QED) is 0.740. The molecule has 0 spiro atoms. The van der Waals surface area contributed by atoms with E-state index in [4.69, 9.17) is 13.9 Å². The molecule has 0 radical (unpaired) electrons. The summed E-state index contributed by atoms with van der Waals surface area (Å²) in [5.41, 5.74) is 0.933. The van der Waals surface area contributed by atoms with Crippen molar-refractivity contribution in [1.82, 2.24) is 10.3 Å². The molecule has 3 heterocycles. The SMILES string of the molecule is CC(NC(=O)c1ccc(-c2ccco2)[nH]c1=O)c1ccc2c(c1)OCCO2. The maximum atomic E-state index is 12.5. The van der Waals surface area contributed by atoms with Crippen LogP contribution >= 0.6 is 0 Å². The molecule has 3 aromatic rings. The molecule has 138 valence electrons. The Hall–Kier alpha value is -3.48. The zero-order chi connectivity index (χ0) is 18.8. The molecule has 1 aromatic carbocycles. The van der Waals surface area contributed by atoms with Crippen LogP contribution in [0.15, 0.2) is 57.9 Å². The molecule has 1 aliphatic heterocycles. The minimum atomic E-state index is -0.476. The fourth-order valence-electron chi connectivity index (χ4n) is 2.92. The highest BCUT2D eigenvalue weighted by Crippen LogP contribution is 2.32. The molecule has 4 rings (SSSR count). The molecule has 2 aromatic heterocycles. The highest BCUT2D eigenvalue weighted by molar-refractivity contribution is 5.94. The normalized spacial score (nSPS) is 13.8. The van der Waals surface area contributed by atoms with Crippen LogP contribution in [0, 0.1) is 0 Å². The van der Waals surface area contributed by atoms with Crippen molar-refractivity contribution in [3.63, 3.8) is 0 Å². The van der Waals surface area contributed by atoms with E-state index in [1.807, 2.05) is 25.1 Å². The van der Waals surface area contributed by atoms with Crippen LogP contribution in [0.1, 0.15) is 28.9 Å². The number of furan rings is 1. The lowest BCUT2D eigenvalue weighted by atomic mass is 10.1.